The van der Waals surface area contributed by atoms with Gasteiger partial charge in [-0.1, -0.05) is 0 Å². The molecule has 1 aliphatic heterocycles. The normalized spacial score (nSPS) is 29.4. The second-order valence-electron chi connectivity index (χ2n) is 2.89. The number of hydrogen-bond acceptors (Lipinski definition) is 5. The van der Waals surface area contributed by atoms with Gasteiger partial charge >= 0.3 is 0 Å². The molecule has 0 saturated carbocycles. The monoisotopic (exact) mass is 169 g/mol. The maximum Gasteiger partial charge on any atom is 0.239 e. The molecule has 12 heavy (non-hydrogen) atoms. The van der Waals surface area contributed by atoms with Gasteiger partial charge in [-0.3, -0.25) is 5.10 Å². The van der Waals surface area contributed by atoms with Crippen LogP contribution in [-0.4, -0.2) is 34.4 Å². The number of nitrogens with zero attached hydrogens (tertiary/aromatic N) is 2. The lowest BCUT2D eigenvalue weighted by Gasteiger charge is -2.07. The van der Waals surface area contributed by atoms with Gasteiger partial charge < -0.3 is 16.2 Å². The van der Waals surface area contributed by atoms with Crippen LogP contribution >= 0.6 is 0 Å². The van der Waals surface area contributed by atoms with Crippen LogP contribution in [0.1, 0.15) is 11.7 Å². The van der Waals surface area contributed by atoms with E-state index in [1.165, 1.54) is 0 Å². The highest BCUT2D eigenvalue weighted by molar-refractivity contribution is 5.16. The molecule has 1 aromatic rings. The minimum absolute atomic E-state index is 0.00245. The van der Waals surface area contributed by atoms with Crippen LogP contribution in [0.5, 0.6) is 0 Å². The van der Waals surface area contributed by atoms with Gasteiger partial charge in [0, 0.05) is 6.04 Å². The second kappa shape index (κ2) is 2.72. The standard InChI is InChI=1S/C6H11N5O/c7-4-2-12-1-3(4)5-9-6(8)11-10-5/h3-4H,1-2,7H2,(H3,8,9,10,11). The molecule has 1 saturated heterocycles. The van der Waals surface area contributed by atoms with Crippen molar-refractivity contribution >= 4 is 5.95 Å². The highest BCUT2D eigenvalue weighted by Gasteiger charge is 2.28. The molecular weight excluding hydrogens is 158 g/mol. The number of H-pyrrole nitrogens is 1. The van der Waals surface area contributed by atoms with E-state index in [4.69, 9.17) is 16.2 Å². The van der Waals surface area contributed by atoms with Crippen LogP contribution in [0.15, 0.2) is 0 Å². The first-order chi connectivity index (χ1) is 5.77. The van der Waals surface area contributed by atoms with Crippen molar-refractivity contribution in [1.29, 1.82) is 0 Å². The average Bonchev–Trinajstić information content (AvgIpc) is 2.58. The third kappa shape index (κ3) is 1.15. The summed E-state index contributed by atoms with van der Waals surface area (Å²) in [6, 6.07) is -0.00245. The van der Waals surface area contributed by atoms with Gasteiger partial charge in [0.15, 0.2) is 0 Å². The van der Waals surface area contributed by atoms with Crippen molar-refractivity contribution in [3.63, 3.8) is 0 Å². The average molecular weight is 169 g/mol. The van der Waals surface area contributed by atoms with Gasteiger partial charge in [0.2, 0.25) is 5.95 Å². The molecule has 0 aromatic carbocycles. The van der Waals surface area contributed by atoms with Gasteiger partial charge in [0.05, 0.1) is 19.1 Å². The van der Waals surface area contributed by atoms with Gasteiger partial charge in [0.25, 0.3) is 0 Å². The number of nitrogen functional groups attached to an aromatic ring is 1. The zero-order valence-electron chi connectivity index (χ0n) is 6.53. The fraction of sp³-hybridized carbons (Fsp3) is 0.667. The molecule has 2 rings (SSSR count). The number of aromatic amines is 1. The molecule has 1 aliphatic rings. The van der Waals surface area contributed by atoms with Crippen molar-refractivity contribution < 1.29 is 4.74 Å². The Kier molecular flexibility index (Phi) is 1.70. The maximum atomic E-state index is 5.77. The second-order valence-corrected chi connectivity index (χ2v) is 2.89. The zero-order valence-corrected chi connectivity index (χ0v) is 6.53. The summed E-state index contributed by atoms with van der Waals surface area (Å²) in [7, 11) is 0. The first-order valence-corrected chi connectivity index (χ1v) is 3.78. The zero-order chi connectivity index (χ0) is 8.55. The van der Waals surface area contributed by atoms with E-state index >= 15 is 0 Å². The Bertz CT molecular complexity index is 273. The van der Waals surface area contributed by atoms with Gasteiger partial charge in [-0.25, -0.2) is 0 Å². The smallest absolute Gasteiger partial charge is 0.239 e. The van der Waals surface area contributed by atoms with Crippen LogP contribution in [0.3, 0.4) is 0 Å². The van der Waals surface area contributed by atoms with E-state index in [0.29, 0.717) is 13.2 Å². The molecule has 6 heteroatoms. The third-order valence-corrected chi connectivity index (χ3v) is 2.00. The summed E-state index contributed by atoms with van der Waals surface area (Å²) in [5, 5.41) is 6.46. The van der Waals surface area contributed by atoms with Crippen molar-refractivity contribution in [3.8, 4) is 0 Å². The summed E-state index contributed by atoms with van der Waals surface area (Å²) in [5.41, 5.74) is 11.1. The maximum absolute atomic E-state index is 5.77. The summed E-state index contributed by atoms with van der Waals surface area (Å²) in [4.78, 5) is 3.99. The SMILES string of the molecule is Nc1n[nH]c(C2COCC2N)n1. The molecule has 2 unspecified atom stereocenters. The molecule has 0 aliphatic carbocycles. The van der Waals surface area contributed by atoms with Crippen LogP contribution < -0.4 is 11.5 Å². The Morgan fingerprint density at radius 1 is 1.50 bits per heavy atom. The van der Waals surface area contributed by atoms with Gasteiger partial charge in [-0.2, -0.15) is 4.98 Å². The van der Waals surface area contributed by atoms with Gasteiger partial charge in [-0.05, 0) is 0 Å². The quantitative estimate of drug-likeness (QED) is 0.491. The lowest BCUT2D eigenvalue weighted by Crippen LogP contribution is -2.27. The van der Waals surface area contributed by atoms with Crippen LogP contribution in [0.2, 0.25) is 0 Å². The molecular formula is C6H11N5O. The van der Waals surface area contributed by atoms with Crippen molar-refractivity contribution in [2.45, 2.75) is 12.0 Å². The van der Waals surface area contributed by atoms with E-state index in [2.05, 4.69) is 15.2 Å². The summed E-state index contributed by atoms with van der Waals surface area (Å²) >= 11 is 0. The number of aromatic nitrogens is 3. The fourth-order valence-corrected chi connectivity index (χ4v) is 1.31. The predicted molar refractivity (Wildman–Crippen MR) is 42.3 cm³/mol. The largest absolute Gasteiger partial charge is 0.379 e. The molecule has 1 fully saturated rings. The van der Waals surface area contributed by atoms with Crippen molar-refractivity contribution in [3.05, 3.63) is 5.82 Å². The van der Waals surface area contributed by atoms with Crippen LogP contribution in [-0.2, 0) is 4.74 Å². The molecule has 5 N–H and O–H groups in total. The molecule has 66 valence electrons. The Balaban J connectivity index is 2.19. The Labute approximate surface area is 69.3 Å². The van der Waals surface area contributed by atoms with Crippen LogP contribution in [0.25, 0.3) is 0 Å². The number of hydrogen-bond donors (Lipinski definition) is 3. The van der Waals surface area contributed by atoms with E-state index in [1.807, 2.05) is 0 Å². The van der Waals surface area contributed by atoms with Crippen molar-refractivity contribution in [2.75, 3.05) is 18.9 Å². The van der Waals surface area contributed by atoms with Crippen LogP contribution in [0, 0.1) is 0 Å². The number of nitrogens with two attached hydrogens (primary N) is 2. The lowest BCUT2D eigenvalue weighted by molar-refractivity contribution is 0.190. The van der Waals surface area contributed by atoms with Crippen molar-refractivity contribution in [2.24, 2.45) is 5.73 Å². The van der Waals surface area contributed by atoms with E-state index < -0.39 is 0 Å². The highest BCUT2D eigenvalue weighted by Crippen LogP contribution is 2.21. The van der Waals surface area contributed by atoms with E-state index in [-0.39, 0.29) is 17.9 Å². The molecule has 6 nitrogen and oxygen atoms in total. The number of rotatable bonds is 1. The highest BCUT2D eigenvalue weighted by atomic mass is 16.5. The molecule has 0 bridgehead atoms. The lowest BCUT2D eigenvalue weighted by atomic mass is 10.0. The third-order valence-electron chi connectivity index (χ3n) is 2.00. The molecule has 0 amide bonds. The van der Waals surface area contributed by atoms with Gasteiger partial charge in [-0.15, -0.1) is 5.10 Å². The topological polar surface area (TPSA) is 103 Å². The number of anilines is 1. The van der Waals surface area contributed by atoms with E-state index in [9.17, 15) is 0 Å². The Hall–Kier alpha value is -1.14. The summed E-state index contributed by atoms with van der Waals surface area (Å²) in [6.07, 6.45) is 0. The summed E-state index contributed by atoms with van der Waals surface area (Å²) in [5.74, 6) is 1.08. The Morgan fingerprint density at radius 3 is 2.83 bits per heavy atom. The minimum atomic E-state index is -0.00245. The Morgan fingerprint density at radius 2 is 2.33 bits per heavy atom. The van der Waals surface area contributed by atoms with Crippen LogP contribution in [0.4, 0.5) is 5.95 Å². The fourth-order valence-electron chi connectivity index (χ4n) is 1.31. The first-order valence-electron chi connectivity index (χ1n) is 3.78. The summed E-state index contributed by atoms with van der Waals surface area (Å²) < 4.78 is 5.18. The number of ether oxygens (including phenoxy) is 1. The molecule has 0 radical (unpaired) electrons. The van der Waals surface area contributed by atoms with Crippen molar-refractivity contribution in [1.82, 2.24) is 15.2 Å². The van der Waals surface area contributed by atoms with E-state index in [0.717, 1.165) is 5.82 Å². The van der Waals surface area contributed by atoms with Gasteiger partial charge in [0.1, 0.15) is 5.82 Å². The molecule has 2 atom stereocenters. The minimum Gasteiger partial charge on any atom is -0.379 e. The molecule has 2 heterocycles. The van der Waals surface area contributed by atoms with E-state index in [1.54, 1.807) is 0 Å². The first kappa shape index (κ1) is 7.51. The summed E-state index contributed by atoms with van der Waals surface area (Å²) in [6.45, 7) is 1.17. The predicted octanol–water partition coefficient (Wildman–Crippen LogP) is -1.17. The number of nitrogens with one attached hydrogen (secondary N) is 1. The molecule has 1 aromatic heterocycles. The molecule has 0 spiro atoms.